The lowest BCUT2D eigenvalue weighted by Crippen LogP contribution is -2.29. The van der Waals surface area contributed by atoms with Crippen molar-refractivity contribution in [3.63, 3.8) is 0 Å². The molecule has 1 spiro atoms. The van der Waals surface area contributed by atoms with Crippen LogP contribution in [-0.2, 0) is 5.41 Å². The standard InChI is InChI=1S/C53H44N4/c1-3-38(43-19-13-20-44(34-43)45-21-14-22-47-49(45)46-30-24-37(35-54)33-48(46)53(47)31-11-6-12-32-53)25-23-36(2)39-26-28-42(29-27-39)52-56-50(40-15-7-4-8-16-40)55-51(57-52)41-17-9-5-10-18-41/h3-5,7-10,13-23,25-29,33-34H,2,6,11-12,24,30-32H2,1H3/b25-23-,38-3+. The molecule has 57 heavy (non-hydrogen) atoms. The van der Waals surface area contributed by atoms with Crippen molar-refractivity contribution in [3.8, 4) is 51.4 Å². The van der Waals surface area contributed by atoms with Crippen LogP contribution in [0.1, 0.15) is 74.1 Å². The normalized spacial score (nSPS) is 15.9. The number of hydrogen-bond acceptors (Lipinski definition) is 4. The molecule has 6 aromatic rings. The fourth-order valence-corrected chi connectivity index (χ4v) is 9.14. The van der Waals surface area contributed by atoms with E-state index in [0.29, 0.717) is 17.5 Å². The van der Waals surface area contributed by atoms with Crippen LogP contribution in [0.5, 0.6) is 0 Å². The van der Waals surface area contributed by atoms with Crippen LogP contribution >= 0.6 is 0 Å². The first-order valence-corrected chi connectivity index (χ1v) is 20.1. The molecule has 0 radical (unpaired) electrons. The molecule has 5 aromatic carbocycles. The van der Waals surface area contributed by atoms with Gasteiger partial charge < -0.3 is 0 Å². The Morgan fingerprint density at radius 3 is 1.89 bits per heavy atom. The Labute approximate surface area is 336 Å². The van der Waals surface area contributed by atoms with Crippen LogP contribution in [0, 0.1) is 11.3 Å². The van der Waals surface area contributed by atoms with Gasteiger partial charge in [-0.15, -0.1) is 0 Å². The second-order valence-electron chi connectivity index (χ2n) is 15.3. The molecule has 9 rings (SSSR count). The van der Waals surface area contributed by atoms with Crippen molar-refractivity contribution in [1.82, 2.24) is 15.0 Å². The summed E-state index contributed by atoms with van der Waals surface area (Å²) in [4.78, 5) is 14.6. The molecule has 0 bridgehead atoms. The third kappa shape index (κ3) is 6.81. The Kier molecular flexibility index (Phi) is 9.74. The molecule has 1 aromatic heterocycles. The predicted molar refractivity (Wildman–Crippen MR) is 234 cm³/mol. The molecule has 0 aliphatic heterocycles. The average molecular weight is 737 g/mol. The first-order chi connectivity index (χ1) is 28.0. The summed E-state index contributed by atoms with van der Waals surface area (Å²) < 4.78 is 0. The van der Waals surface area contributed by atoms with E-state index in [9.17, 15) is 5.26 Å². The molecule has 1 heterocycles. The van der Waals surface area contributed by atoms with Crippen molar-refractivity contribution in [2.75, 3.05) is 0 Å². The molecule has 1 fully saturated rings. The van der Waals surface area contributed by atoms with E-state index in [2.05, 4.69) is 111 Å². The minimum Gasteiger partial charge on any atom is -0.208 e. The summed E-state index contributed by atoms with van der Waals surface area (Å²) in [5, 5.41) is 9.87. The minimum atomic E-state index is 0.0381. The fourth-order valence-electron chi connectivity index (χ4n) is 9.14. The van der Waals surface area contributed by atoms with Crippen LogP contribution in [0.15, 0.2) is 169 Å². The monoisotopic (exact) mass is 736 g/mol. The number of allylic oxidation sites excluding steroid dienone is 9. The van der Waals surface area contributed by atoms with Gasteiger partial charge in [-0.05, 0) is 100 Å². The Morgan fingerprint density at radius 1 is 0.649 bits per heavy atom. The molecule has 0 N–H and O–H groups in total. The smallest absolute Gasteiger partial charge is 0.164 e. The Balaban J connectivity index is 0.984. The maximum atomic E-state index is 9.87. The van der Waals surface area contributed by atoms with E-state index in [0.717, 1.165) is 51.8 Å². The SMILES string of the molecule is C=C(/C=C\C(=C/C)c1cccc(-c2cccc3c2C2=C(C=C(C#N)CC2)C32CCCCC2)c1)c1ccc(-c2nc(-c3ccccc3)nc(-c3ccccc3)n2)cc1. The number of rotatable bonds is 8. The molecule has 1 saturated carbocycles. The highest BCUT2D eigenvalue weighted by atomic mass is 15.0. The lowest BCUT2D eigenvalue weighted by Gasteiger charge is -2.37. The topological polar surface area (TPSA) is 62.5 Å². The lowest BCUT2D eigenvalue weighted by molar-refractivity contribution is 0.350. The highest BCUT2D eigenvalue weighted by Crippen LogP contribution is 2.59. The Hall–Kier alpha value is -6.70. The van der Waals surface area contributed by atoms with Gasteiger partial charge in [0.05, 0.1) is 6.07 Å². The van der Waals surface area contributed by atoms with Crippen LogP contribution in [-0.4, -0.2) is 15.0 Å². The summed E-state index contributed by atoms with van der Waals surface area (Å²) in [6.45, 7) is 6.54. The van der Waals surface area contributed by atoms with Gasteiger partial charge in [-0.1, -0.05) is 165 Å². The van der Waals surface area contributed by atoms with Crippen molar-refractivity contribution in [2.24, 2.45) is 0 Å². The molecule has 3 aliphatic carbocycles. The summed E-state index contributed by atoms with van der Waals surface area (Å²) in [6, 6.07) is 46.8. The van der Waals surface area contributed by atoms with Crippen molar-refractivity contribution in [1.29, 1.82) is 5.26 Å². The molecule has 0 atom stereocenters. The van der Waals surface area contributed by atoms with Crippen LogP contribution in [0.2, 0.25) is 0 Å². The largest absolute Gasteiger partial charge is 0.208 e. The molecule has 0 saturated heterocycles. The van der Waals surface area contributed by atoms with Crippen LogP contribution in [0.4, 0.5) is 0 Å². The summed E-state index contributed by atoms with van der Waals surface area (Å²) in [5.74, 6) is 1.92. The van der Waals surface area contributed by atoms with Gasteiger partial charge in [0.1, 0.15) is 0 Å². The van der Waals surface area contributed by atoms with Gasteiger partial charge in [-0.2, -0.15) is 5.26 Å². The molecule has 4 heteroatoms. The number of nitriles is 1. The highest BCUT2D eigenvalue weighted by Gasteiger charge is 2.46. The first-order valence-electron chi connectivity index (χ1n) is 20.1. The van der Waals surface area contributed by atoms with Gasteiger partial charge in [-0.3, -0.25) is 0 Å². The zero-order valence-corrected chi connectivity index (χ0v) is 32.4. The third-order valence-corrected chi connectivity index (χ3v) is 12.0. The van der Waals surface area contributed by atoms with E-state index in [1.807, 2.05) is 60.7 Å². The molecule has 3 aliphatic rings. The fraction of sp³-hybridized carbons (Fsp3) is 0.170. The van der Waals surface area contributed by atoms with E-state index in [1.165, 1.54) is 71.1 Å². The third-order valence-electron chi connectivity index (χ3n) is 12.0. The maximum Gasteiger partial charge on any atom is 0.164 e. The van der Waals surface area contributed by atoms with Crippen molar-refractivity contribution >= 4 is 16.7 Å². The Morgan fingerprint density at radius 2 is 1.26 bits per heavy atom. The van der Waals surface area contributed by atoms with Gasteiger partial charge in [0.2, 0.25) is 0 Å². The summed E-state index contributed by atoms with van der Waals surface area (Å²) in [6.07, 6.45) is 16.6. The van der Waals surface area contributed by atoms with Crippen LogP contribution < -0.4 is 0 Å². The number of aromatic nitrogens is 3. The number of fused-ring (bicyclic) bond motifs is 4. The molecule has 276 valence electrons. The lowest BCUT2D eigenvalue weighted by atomic mass is 9.66. The van der Waals surface area contributed by atoms with Crippen molar-refractivity contribution in [3.05, 3.63) is 192 Å². The highest BCUT2D eigenvalue weighted by molar-refractivity contribution is 5.93. The van der Waals surface area contributed by atoms with Crippen molar-refractivity contribution < 1.29 is 0 Å². The molecule has 0 amide bonds. The zero-order valence-electron chi connectivity index (χ0n) is 32.4. The Bertz CT molecular complexity index is 2610. The molecule has 0 unspecified atom stereocenters. The minimum absolute atomic E-state index is 0.0381. The molecule has 4 nitrogen and oxygen atoms in total. The zero-order chi connectivity index (χ0) is 38.8. The first kappa shape index (κ1) is 36.0. The van der Waals surface area contributed by atoms with Crippen LogP contribution in [0.3, 0.4) is 0 Å². The second kappa shape index (κ2) is 15.4. The quantitative estimate of drug-likeness (QED) is 0.146. The van der Waals surface area contributed by atoms with Gasteiger partial charge >= 0.3 is 0 Å². The van der Waals surface area contributed by atoms with Crippen molar-refractivity contribution in [2.45, 2.75) is 57.3 Å². The summed E-state index contributed by atoms with van der Waals surface area (Å²) in [5.41, 5.74) is 16.3. The van der Waals surface area contributed by atoms with E-state index < -0.39 is 0 Å². The van der Waals surface area contributed by atoms with Gasteiger partial charge in [-0.25, -0.2) is 15.0 Å². The van der Waals surface area contributed by atoms with E-state index >= 15 is 0 Å². The number of nitrogens with zero attached hydrogens (tertiary/aromatic N) is 4. The van der Waals surface area contributed by atoms with E-state index in [1.54, 1.807) is 0 Å². The van der Waals surface area contributed by atoms with E-state index in [-0.39, 0.29) is 5.41 Å². The number of benzene rings is 5. The van der Waals surface area contributed by atoms with Crippen LogP contribution in [0.25, 0.3) is 62.0 Å². The van der Waals surface area contributed by atoms with E-state index in [4.69, 9.17) is 15.0 Å². The maximum absolute atomic E-state index is 9.87. The van der Waals surface area contributed by atoms with Gasteiger partial charge in [0, 0.05) is 27.7 Å². The van der Waals surface area contributed by atoms with Gasteiger partial charge in [0.25, 0.3) is 0 Å². The summed E-state index contributed by atoms with van der Waals surface area (Å²) in [7, 11) is 0. The summed E-state index contributed by atoms with van der Waals surface area (Å²) >= 11 is 0. The number of hydrogen-bond donors (Lipinski definition) is 0. The van der Waals surface area contributed by atoms with Gasteiger partial charge in [0.15, 0.2) is 17.5 Å². The predicted octanol–water partition coefficient (Wildman–Crippen LogP) is 13.4. The molecular formula is C53H44N4. The second-order valence-corrected chi connectivity index (χ2v) is 15.3. The molecular weight excluding hydrogens is 693 g/mol. The average Bonchev–Trinajstić information content (AvgIpc) is 3.55.